The zero-order chi connectivity index (χ0) is 13.8. The van der Waals surface area contributed by atoms with Crippen molar-refractivity contribution in [2.45, 2.75) is 38.9 Å². The second kappa shape index (κ2) is 4.19. The molecule has 2 aromatic rings. The minimum atomic E-state index is -0.277. The fourth-order valence-electron chi connectivity index (χ4n) is 2.37. The highest BCUT2D eigenvalue weighted by atomic mass is 32.1. The third-order valence-electron chi connectivity index (χ3n) is 4.20. The highest BCUT2D eigenvalue weighted by molar-refractivity contribution is 7.27. The number of hydrogen-bond donors (Lipinski definition) is 0. The van der Waals surface area contributed by atoms with Crippen molar-refractivity contribution in [3.8, 4) is 0 Å². The van der Waals surface area contributed by atoms with Gasteiger partial charge in [0.2, 0.25) is 0 Å². The van der Waals surface area contributed by atoms with Gasteiger partial charge in [0.05, 0.1) is 21.4 Å². The summed E-state index contributed by atoms with van der Waals surface area (Å²) in [5.41, 5.74) is 0.616. The van der Waals surface area contributed by atoms with Crippen molar-refractivity contribution in [1.82, 2.24) is 0 Å². The molecule has 1 fully saturated rings. The predicted molar refractivity (Wildman–Crippen MR) is 87.1 cm³/mol. The van der Waals surface area contributed by atoms with E-state index in [1.165, 1.54) is 20.0 Å². The van der Waals surface area contributed by atoms with Crippen molar-refractivity contribution < 1.29 is 9.31 Å². The van der Waals surface area contributed by atoms with Gasteiger partial charge in [-0.25, -0.2) is 0 Å². The van der Waals surface area contributed by atoms with E-state index in [9.17, 15) is 0 Å². The second-order valence-corrected chi connectivity index (χ2v) is 9.27. The average molecular weight is 290 g/mol. The van der Waals surface area contributed by atoms with E-state index < -0.39 is 0 Å². The van der Waals surface area contributed by atoms with Crippen molar-refractivity contribution in [3.63, 3.8) is 0 Å². The van der Waals surface area contributed by atoms with E-state index >= 15 is 0 Å². The smallest absolute Gasteiger partial charge is 0.399 e. The molecule has 1 aliphatic rings. The lowest BCUT2D eigenvalue weighted by molar-refractivity contribution is 0.00578. The lowest BCUT2D eigenvalue weighted by atomic mass is 9.78. The summed E-state index contributed by atoms with van der Waals surface area (Å²) in [6.07, 6.45) is 0. The van der Waals surface area contributed by atoms with Crippen molar-refractivity contribution in [2.24, 2.45) is 0 Å². The molecule has 1 aromatic carbocycles. The Bertz CT molecular complexity index is 619. The predicted octanol–water partition coefficient (Wildman–Crippen LogP) is 1.19. The Morgan fingerprint density at radius 3 is 2.37 bits per heavy atom. The Hall–Kier alpha value is -0.618. The zero-order valence-electron chi connectivity index (χ0n) is 12.1. The first-order valence-corrected chi connectivity index (χ1v) is 8.46. The number of thiophene rings is 1. The van der Waals surface area contributed by atoms with Crippen LogP contribution in [0.4, 0.5) is 0 Å². The van der Waals surface area contributed by atoms with E-state index in [1.54, 1.807) is 0 Å². The second-order valence-electron chi connectivity index (χ2n) is 6.21. The van der Waals surface area contributed by atoms with Crippen LogP contribution in [0, 0.1) is 0 Å². The van der Waals surface area contributed by atoms with E-state index in [0.717, 1.165) is 10.2 Å². The van der Waals surface area contributed by atoms with Gasteiger partial charge in [0.1, 0.15) is 0 Å². The monoisotopic (exact) mass is 290 g/mol. The maximum Gasteiger partial charge on any atom is 0.496 e. The quantitative estimate of drug-likeness (QED) is 0.735. The molecule has 1 saturated heterocycles. The SMILES string of the molecule is CC1(C)OB(c2cccc3cc([SiH3])sc23)OC1(C)C. The molecule has 0 atom stereocenters. The summed E-state index contributed by atoms with van der Waals surface area (Å²) in [6.45, 7) is 8.39. The molecule has 0 unspecified atom stereocenters. The van der Waals surface area contributed by atoms with Gasteiger partial charge >= 0.3 is 7.12 Å². The topological polar surface area (TPSA) is 18.5 Å². The van der Waals surface area contributed by atoms with Crippen molar-refractivity contribution in [3.05, 3.63) is 24.3 Å². The van der Waals surface area contributed by atoms with Crippen LogP contribution in [0.2, 0.25) is 0 Å². The summed E-state index contributed by atoms with van der Waals surface area (Å²) < 4.78 is 15.1. The molecule has 0 spiro atoms. The maximum atomic E-state index is 6.16. The molecule has 0 N–H and O–H groups in total. The normalized spacial score (nSPS) is 21.4. The molecule has 0 bridgehead atoms. The molecule has 2 nitrogen and oxygen atoms in total. The van der Waals surface area contributed by atoms with Crippen molar-refractivity contribution in [2.75, 3.05) is 0 Å². The van der Waals surface area contributed by atoms with Gasteiger partial charge in [0.25, 0.3) is 0 Å². The number of fused-ring (bicyclic) bond motifs is 1. The highest BCUT2D eigenvalue weighted by Gasteiger charge is 2.52. The molecule has 0 aliphatic carbocycles. The van der Waals surface area contributed by atoms with Crippen LogP contribution < -0.4 is 9.96 Å². The molecule has 1 aromatic heterocycles. The van der Waals surface area contributed by atoms with E-state index in [-0.39, 0.29) is 18.3 Å². The molecule has 0 amide bonds. The molecule has 5 heteroatoms. The van der Waals surface area contributed by atoms with Crippen LogP contribution in [-0.2, 0) is 9.31 Å². The fourth-order valence-corrected chi connectivity index (χ4v) is 4.33. The Labute approximate surface area is 121 Å². The summed E-state index contributed by atoms with van der Waals surface area (Å²) in [4.78, 5) is 0. The summed E-state index contributed by atoms with van der Waals surface area (Å²) in [5, 5.41) is 1.31. The van der Waals surface area contributed by atoms with Gasteiger partial charge in [-0.2, -0.15) is 0 Å². The number of benzene rings is 1. The van der Waals surface area contributed by atoms with Crippen LogP contribution >= 0.6 is 11.3 Å². The zero-order valence-corrected chi connectivity index (χ0v) is 14.9. The summed E-state index contributed by atoms with van der Waals surface area (Å²) >= 11 is 1.87. The Kier molecular flexibility index (Phi) is 2.95. The number of hydrogen-bond acceptors (Lipinski definition) is 3. The largest absolute Gasteiger partial charge is 0.496 e. The van der Waals surface area contributed by atoms with Crippen LogP contribution in [0.15, 0.2) is 24.3 Å². The van der Waals surface area contributed by atoms with Gasteiger partial charge in [-0.1, -0.05) is 18.2 Å². The molecule has 3 rings (SSSR count). The van der Waals surface area contributed by atoms with E-state index in [0.29, 0.717) is 0 Å². The van der Waals surface area contributed by atoms with Gasteiger partial charge in [0.15, 0.2) is 0 Å². The third-order valence-corrected chi connectivity index (χ3v) is 6.22. The first-order chi connectivity index (χ1) is 8.80. The summed E-state index contributed by atoms with van der Waals surface area (Å²) in [6, 6.07) is 8.67. The molecular weight excluding hydrogens is 271 g/mol. The minimum Gasteiger partial charge on any atom is -0.399 e. The van der Waals surface area contributed by atoms with Gasteiger partial charge in [-0.15, -0.1) is 11.3 Å². The van der Waals surface area contributed by atoms with E-state index in [1.807, 2.05) is 11.3 Å². The fraction of sp³-hybridized carbons (Fsp3) is 0.429. The first-order valence-electron chi connectivity index (χ1n) is 6.65. The molecule has 19 heavy (non-hydrogen) atoms. The molecule has 2 heterocycles. The average Bonchev–Trinajstić information content (AvgIpc) is 2.75. The molecule has 0 radical (unpaired) electrons. The van der Waals surface area contributed by atoms with Crippen LogP contribution in [0.5, 0.6) is 0 Å². The first kappa shape index (κ1) is 13.4. The van der Waals surface area contributed by atoms with Crippen LogP contribution in [-0.4, -0.2) is 28.6 Å². The Morgan fingerprint density at radius 2 is 1.74 bits per heavy atom. The summed E-state index contributed by atoms with van der Waals surface area (Å²) in [5.74, 6) is 0. The van der Waals surface area contributed by atoms with Gasteiger partial charge in [-0.3, -0.25) is 0 Å². The van der Waals surface area contributed by atoms with E-state index in [2.05, 4.69) is 52.0 Å². The van der Waals surface area contributed by atoms with Gasteiger partial charge in [0, 0.05) is 10.2 Å². The Balaban J connectivity index is 2.07. The third kappa shape index (κ3) is 2.09. The van der Waals surface area contributed by atoms with Crippen molar-refractivity contribution >= 4 is 48.7 Å². The Morgan fingerprint density at radius 1 is 1.11 bits per heavy atom. The lowest BCUT2D eigenvalue weighted by Crippen LogP contribution is -2.41. The standard InChI is InChI=1S/C14H19BO2SSi/c1-13(2)14(3,4)17-15(16-13)10-7-5-6-9-8-11(19)18-12(9)10/h5-8H,1-4,19H3. The lowest BCUT2D eigenvalue weighted by Gasteiger charge is -2.32. The number of rotatable bonds is 1. The summed E-state index contributed by atoms with van der Waals surface area (Å²) in [7, 11) is 0.836. The van der Waals surface area contributed by atoms with Crippen LogP contribution in [0.3, 0.4) is 0 Å². The molecule has 1 aliphatic heterocycles. The van der Waals surface area contributed by atoms with Crippen molar-refractivity contribution in [1.29, 1.82) is 0 Å². The van der Waals surface area contributed by atoms with Crippen LogP contribution in [0.1, 0.15) is 27.7 Å². The maximum absolute atomic E-state index is 6.16. The molecule has 0 saturated carbocycles. The van der Waals surface area contributed by atoms with E-state index in [4.69, 9.17) is 9.31 Å². The molecular formula is C14H19BO2SSi. The van der Waals surface area contributed by atoms with Crippen LogP contribution in [0.25, 0.3) is 10.1 Å². The molecule has 100 valence electrons. The minimum absolute atomic E-state index is 0.256. The highest BCUT2D eigenvalue weighted by Crippen LogP contribution is 2.37. The van der Waals surface area contributed by atoms with Gasteiger partial charge in [-0.05, 0) is 43.6 Å². The van der Waals surface area contributed by atoms with Gasteiger partial charge < -0.3 is 9.31 Å².